The summed E-state index contributed by atoms with van der Waals surface area (Å²) >= 11 is 0. The molecule has 3 heteroatoms. The van der Waals surface area contributed by atoms with Crippen LogP contribution in [0.25, 0.3) is 0 Å². The molecule has 0 unspecified atom stereocenters. The Morgan fingerprint density at radius 1 is 1.20 bits per heavy atom. The third-order valence-corrected chi connectivity index (χ3v) is 2.44. The molecule has 15 heavy (non-hydrogen) atoms. The van der Waals surface area contributed by atoms with Crippen LogP contribution >= 0.6 is 0 Å². The molecule has 1 aromatic carbocycles. The second-order valence-electron chi connectivity index (χ2n) is 3.58. The highest BCUT2D eigenvalue weighted by atomic mass is 19.3. The molecular formula is C12H16F2O. The normalized spacial score (nSPS) is 11.7. The molecule has 0 atom stereocenters. The summed E-state index contributed by atoms with van der Waals surface area (Å²) in [6.45, 7) is 1.60. The number of hydrogen-bond donors (Lipinski definition) is 1. The first kappa shape index (κ1) is 12.1. The molecule has 0 saturated heterocycles. The predicted octanol–water partition coefficient (Wildman–Crippen LogP) is 3.11. The number of aliphatic hydroxyl groups is 1. The summed E-state index contributed by atoms with van der Waals surface area (Å²) in [5, 5.41) is 8.63. The molecule has 0 fully saturated rings. The van der Waals surface area contributed by atoms with Crippen molar-refractivity contribution >= 4 is 0 Å². The van der Waals surface area contributed by atoms with Gasteiger partial charge in [0.1, 0.15) is 0 Å². The molecule has 0 saturated carbocycles. The molecule has 0 aliphatic heterocycles. The monoisotopic (exact) mass is 214 g/mol. The maximum Gasteiger partial charge on any atom is 0.273 e. The van der Waals surface area contributed by atoms with Crippen molar-refractivity contribution in [2.24, 2.45) is 0 Å². The van der Waals surface area contributed by atoms with Gasteiger partial charge in [0.15, 0.2) is 0 Å². The predicted molar refractivity (Wildman–Crippen MR) is 56.0 cm³/mol. The van der Waals surface area contributed by atoms with E-state index >= 15 is 0 Å². The summed E-state index contributed by atoms with van der Waals surface area (Å²) in [6.07, 6.45) is 1.22. The maximum atomic E-state index is 13.2. The molecule has 0 heterocycles. The molecule has 0 amide bonds. The van der Waals surface area contributed by atoms with Gasteiger partial charge in [0.2, 0.25) is 0 Å². The lowest BCUT2D eigenvalue weighted by Gasteiger charge is -2.14. The topological polar surface area (TPSA) is 20.2 Å². The van der Waals surface area contributed by atoms with E-state index in [-0.39, 0.29) is 18.6 Å². The average molecular weight is 214 g/mol. The van der Waals surface area contributed by atoms with Crippen molar-refractivity contribution in [2.75, 3.05) is 6.61 Å². The van der Waals surface area contributed by atoms with E-state index in [0.29, 0.717) is 6.42 Å². The lowest BCUT2D eigenvalue weighted by atomic mass is 10.0. The van der Waals surface area contributed by atoms with Crippen LogP contribution in [0.15, 0.2) is 24.3 Å². The third-order valence-electron chi connectivity index (χ3n) is 2.44. The van der Waals surface area contributed by atoms with Crippen LogP contribution in [-0.4, -0.2) is 11.7 Å². The summed E-state index contributed by atoms with van der Waals surface area (Å²) in [4.78, 5) is 0. The second-order valence-corrected chi connectivity index (χ2v) is 3.58. The number of aliphatic hydroxyl groups excluding tert-OH is 1. The number of halogens is 2. The Hall–Kier alpha value is -0.960. The number of alkyl halides is 2. The van der Waals surface area contributed by atoms with Crippen LogP contribution in [0.1, 0.15) is 30.9 Å². The standard InChI is InChI=1S/C12H16F2O/c1-2-12(13,14)11-7-5-10(6-8-11)4-3-9-15/h5-8,15H,2-4,9H2,1H3. The number of benzene rings is 1. The molecule has 0 bridgehead atoms. The lowest BCUT2D eigenvalue weighted by Crippen LogP contribution is -2.11. The Bertz CT molecular complexity index is 293. The Morgan fingerprint density at radius 2 is 1.80 bits per heavy atom. The van der Waals surface area contributed by atoms with Crippen LogP contribution in [0.4, 0.5) is 8.78 Å². The molecule has 0 aliphatic carbocycles. The van der Waals surface area contributed by atoms with Crippen molar-refractivity contribution in [3.8, 4) is 0 Å². The molecule has 0 spiro atoms. The molecular weight excluding hydrogens is 198 g/mol. The van der Waals surface area contributed by atoms with E-state index in [1.807, 2.05) is 0 Å². The summed E-state index contributed by atoms with van der Waals surface area (Å²) in [5.41, 5.74) is 1.05. The number of hydrogen-bond acceptors (Lipinski definition) is 1. The van der Waals surface area contributed by atoms with Gasteiger partial charge in [-0.2, -0.15) is 0 Å². The molecule has 1 nitrogen and oxygen atoms in total. The van der Waals surface area contributed by atoms with Gasteiger partial charge in [-0.1, -0.05) is 31.2 Å². The zero-order valence-corrected chi connectivity index (χ0v) is 8.84. The Balaban J connectivity index is 2.72. The highest BCUT2D eigenvalue weighted by Gasteiger charge is 2.28. The van der Waals surface area contributed by atoms with E-state index in [2.05, 4.69) is 0 Å². The SMILES string of the molecule is CCC(F)(F)c1ccc(CCCO)cc1. The van der Waals surface area contributed by atoms with Crippen molar-refractivity contribution in [3.63, 3.8) is 0 Å². The number of aryl methyl sites for hydroxylation is 1. The highest BCUT2D eigenvalue weighted by Crippen LogP contribution is 2.31. The van der Waals surface area contributed by atoms with Crippen LogP contribution in [0.3, 0.4) is 0 Å². The minimum absolute atomic E-state index is 0.0674. The molecule has 0 aliphatic rings. The highest BCUT2D eigenvalue weighted by molar-refractivity contribution is 5.25. The summed E-state index contributed by atoms with van der Waals surface area (Å²) in [6, 6.07) is 6.34. The van der Waals surface area contributed by atoms with Crippen molar-refractivity contribution in [2.45, 2.75) is 32.1 Å². The fraction of sp³-hybridized carbons (Fsp3) is 0.500. The second kappa shape index (κ2) is 5.21. The van der Waals surface area contributed by atoms with Crippen molar-refractivity contribution in [3.05, 3.63) is 35.4 Å². The van der Waals surface area contributed by atoms with Gasteiger partial charge in [-0.3, -0.25) is 0 Å². The Labute approximate surface area is 88.7 Å². The van der Waals surface area contributed by atoms with Crippen LogP contribution in [0, 0.1) is 0 Å². The number of rotatable bonds is 5. The zero-order chi connectivity index (χ0) is 11.3. The smallest absolute Gasteiger partial charge is 0.273 e. The first-order valence-electron chi connectivity index (χ1n) is 5.18. The van der Waals surface area contributed by atoms with E-state index in [0.717, 1.165) is 12.0 Å². The third kappa shape index (κ3) is 3.27. The molecule has 84 valence electrons. The molecule has 1 rings (SSSR count). The van der Waals surface area contributed by atoms with Gasteiger partial charge in [-0.15, -0.1) is 0 Å². The summed E-state index contributed by atoms with van der Waals surface area (Å²) in [7, 11) is 0. The van der Waals surface area contributed by atoms with Crippen LogP contribution in [0.5, 0.6) is 0 Å². The largest absolute Gasteiger partial charge is 0.396 e. The van der Waals surface area contributed by atoms with Crippen LogP contribution < -0.4 is 0 Å². The first-order valence-corrected chi connectivity index (χ1v) is 5.18. The van der Waals surface area contributed by atoms with Crippen LogP contribution in [0.2, 0.25) is 0 Å². The minimum atomic E-state index is -2.73. The van der Waals surface area contributed by atoms with Gasteiger partial charge < -0.3 is 5.11 Å². The molecule has 1 aromatic rings. The van der Waals surface area contributed by atoms with Gasteiger partial charge in [-0.25, -0.2) is 8.78 Å². The van der Waals surface area contributed by atoms with E-state index in [1.165, 1.54) is 19.1 Å². The summed E-state index contributed by atoms with van der Waals surface area (Å²) < 4.78 is 26.5. The van der Waals surface area contributed by atoms with Gasteiger partial charge in [0, 0.05) is 18.6 Å². The maximum absolute atomic E-state index is 13.2. The van der Waals surface area contributed by atoms with Crippen molar-refractivity contribution < 1.29 is 13.9 Å². The Kier molecular flexibility index (Phi) is 4.21. The first-order chi connectivity index (χ1) is 7.10. The fourth-order valence-corrected chi connectivity index (χ4v) is 1.40. The van der Waals surface area contributed by atoms with E-state index in [4.69, 9.17) is 5.11 Å². The minimum Gasteiger partial charge on any atom is -0.396 e. The lowest BCUT2D eigenvalue weighted by molar-refractivity contribution is -0.00829. The van der Waals surface area contributed by atoms with E-state index in [1.54, 1.807) is 12.1 Å². The molecule has 0 aromatic heterocycles. The average Bonchev–Trinajstić information content (AvgIpc) is 2.27. The summed E-state index contributed by atoms with van der Waals surface area (Å²) in [5.74, 6) is -2.73. The Morgan fingerprint density at radius 3 is 2.27 bits per heavy atom. The zero-order valence-electron chi connectivity index (χ0n) is 8.84. The van der Waals surface area contributed by atoms with Gasteiger partial charge in [-0.05, 0) is 18.4 Å². The van der Waals surface area contributed by atoms with Crippen LogP contribution in [-0.2, 0) is 12.3 Å². The van der Waals surface area contributed by atoms with Gasteiger partial charge >= 0.3 is 0 Å². The molecule has 1 N–H and O–H groups in total. The van der Waals surface area contributed by atoms with Crippen molar-refractivity contribution in [1.82, 2.24) is 0 Å². The van der Waals surface area contributed by atoms with Gasteiger partial charge in [0.05, 0.1) is 0 Å². The van der Waals surface area contributed by atoms with E-state index < -0.39 is 5.92 Å². The molecule has 0 radical (unpaired) electrons. The van der Waals surface area contributed by atoms with E-state index in [9.17, 15) is 8.78 Å². The fourth-order valence-electron chi connectivity index (χ4n) is 1.40. The van der Waals surface area contributed by atoms with Crippen molar-refractivity contribution in [1.29, 1.82) is 0 Å². The van der Waals surface area contributed by atoms with Gasteiger partial charge in [0.25, 0.3) is 5.92 Å². The quantitative estimate of drug-likeness (QED) is 0.798.